The fourth-order valence-electron chi connectivity index (χ4n) is 2.28. The van der Waals surface area contributed by atoms with Crippen molar-refractivity contribution in [3.63, 3.8) is 0 Å². The van der Waals surface area contributed by atoms with Crippen molar-refractivity contribution in [2.75, 3.05) is 25.4 Å². The van der Waals surface area contributed by atoms with Crippen LogP contribution >= 0.6 is 11.3 Å². The molecule has 21 heavy (non-hydrogen) atoms. The molecule has 2 rings (SSSR count). The Bertz CT molecular complexity index is 561. The number of nitrogens with zero attached hydrogens (tertiary/aromatic N) is 1. The third-order valence-electron chi connectivity index (χ3n) is 3.17. The van der Waals surface area contributed by atoms with E-state index in [4.69, 9.17) is 4.74 Å². The van der Waals surface area contributed by atoms with Crippen LogP contribution in [-0.2, 0) is 14.8 Å². The van der Waals surface area contributed by atoms with E-state index >= 15 is 0 Å². The van der Waals surface area contributed by atoms with Gasteiger partial charge in [-0.2, -0.15) is 4.31 Å². The SMILES string of the molecule is CC1CN(S(=O)(=O)CCNC(=O)c2cccs2)CC(C)O1. The van der Waals surface area contributed by atoms with Gasteiger partial charge in [-0.15, -0.1) is 11.3 Å². The molecule has 0 aromatic carbocycles. The van der Waals surface area contributed by atoms with E-state index in [-0.39, 0.29) is 30.4 Å². The Balaban J connectivity index is 1.85. The first-order valence-electron chi connectivity index (χ1n) is 6.83. The fraction of sp³-hybridized carbons (Fsp3) is 0.615. The Kier molecular flexibility index (Phi) is 5.37. The molecule has 0 saturated carbocycles. The lowest BCUT2D eigenvalue weighted by Crippen LogP contribution is -2.49. The fourth-order valence-corrected chi connectivity index (χ4v) is 4.41. The third kappa shape index (κ3) is 4.50. The molecule has 118 valence electrons. The standard InChI is InChI=1S/C13H20N2O4S2/c1-10-8-15(9-11(2)19-10)21(17,18)7-5-14-13(16)12-4-3-6-20-12/h3-4,6,10-11H,5,7-9H2,1-2H3,(H,14,16). The van der Waals surface area contributed by atoms with Crippen LogP contribution in [0.5, 0.6) is 0 Å². The molecular weight excluding hydrogens is 312 g/mol. The van der Waals surface area contributed by atoms with E-state index in [1.165, 1.54) is 15.6 Å². The van der Waals surface area contributed by atoms with Crippen LogP contribution in [0.15, 0.2) is 17.5 Å². The first-order valence-corrected chi connectivity index (χ1v) is 9.32. The quantitative estimate of drug-likeness (QED) is 0.870. The summed E-state index contributed by atoms with van der Waals surface area (Å²) in [5, 5.41) is 4.44. The summed E-state index contributed by atoms with van der Waals surface area (Å²) in [5.41, 5.74) is 0. The highest BCUT2D eigenvalue weighted by Gasteiger charge is 2.30. The average molecular weight is 332 g/mol. The number of hydrogen-bond acceptors (Lipinski definition) is 5. The number of amides is 1. The summed E-state index contributed by atoms with van der Waals surface area (Å²) >= 11 is 1.33. The molecule has 0 radical (unpaired) electrons. The van der Waals surface area contributed by atoms with Gasteiger partial charge in [-0.05, 0) is 25.3 Å². The molecule has 0 aliphatic carbocycles. The number of carbonyl (C=O) groups is 1. The lowest BCUT2D eigenvalue weighted by Gasteiger charge is -2.34. The summed E-state index contributed by atoms with van der Waals surface area (Å²) in [6.07, 6.45) is -0.214. The highest BCUT2D eigenvalue weighted by Crippen LogP contribution is 2.14. The van der Waals surface area contributed by atoms with Gasteiger partial charge in [0.1, 0.15) is 0 Å². The second-order valence-electron chi connectivity index (χ2n) is 5.12. The molecule has 6 nitrogen and oxygen atoms in total. The van der Waals surface area contributed by atoms with Crippen molar-refractivity contribution < 1.29 is 17.9 Å². The summed E-state index contributed by atoms with van der Waals surface area (Å²) in [4.78, 5) is 12.3. The second-order valence-corrected chi connectivity index (χ2v) is 8.16. The smallest absolute Gasteiger partial charge is 0.261 e. The molecule has 1 saturated heterocycles. The Hall–Kier alpha value is -0.960. The van der Waals surface area contributed by atoms with Gasteiger partial charge in [-0.1, -0.05) is 6.07 Å². The Morgan fingerprint density at radius 3 is 2.67 bits per heavy atom. The zero-order chi connectivity index (χ0) is 15.5. The zero-order valence-electron chi connectivity index (χ0n) is 12.1. The van der Waals surface area contributed by atoms with Crippen LogP contribution in [0.4, 0.5) is 0 Å². The molecule has 2 unspecified atom stereocenters. The van der Waals surface area contributed by atoms with E-state index in [0.29, 0.717) is 18.0 Å². The molecule has 1 fully saturated rings. The van der Waals surface area contributed by atoms with Crippen LogP contribution < -0.4 is 5.32 Å². The zero-order valence-corrected chi connectivity index (χ0v) is 13.7. The topological polar surface area (TPSA) is 75.7 Å². The predicted octanol–water partition coefficient (Wildman–Crippen LogP) is 0.917. The molecule has 8 heteroatoms. The number of carbonyl (C=O) groups excluding carboxylic acids is 1. The number of hydrogen-bond donors (Lipinski definition) is 1. The number of rotatable bonds is 5. The van der Waals surface area contributed by atoms with Gasteiger partial charge in [0.2, 0.25) is 10.0 Å². The first-order chi connectivity index (χ1) is 9.88. The number of nitrogens with one attached hydrogen (secondary N) is 1. The van der Waals surface area contributed by atoms with E-state index in [0.717, 1.165) is 0 Å². The van der Waals surface area contributed by atoms with Crippen molar-refractivity contribution in [2.24, 2.45) is 0 Å². The molecule has 1 N–H and O–H groups in total. The first kappa shape index (κ1) is 16.4. The molecule has 0 bridgehead atoms. The lowest BCUT2D eigenvalue weighted by molar-refractivity contribution is -0.0440. The van der Waals surface area contributed by atoms with Gasteiger partial charge in [0.15, 0.2) is 0 Å². The summed E-state index contributed by atoms with van der Waals surface area (Å²) in [6.45, 7) is 4.56. The minimum Gasteiger partial charge on any atom is -0.373 e. The molecule has 1 aliphatic heterocycles. The Morgan fingerprint density at radius 2 is 2.10 bits per heavy atom. The monoisotopic (exact) mass is 332 g/mol. The van der Waals surface area contributed by atoms with Gasteiger partial charge < -0.3 is 10.1 Å². The molecule has 1 aliphatic rings. The molecule has 2 heterocycles. The maximum absolute atomic E-state index is 12.3. The molecule has 1 aromatic rings. The molecule has 1 amide bonds. The van der Waals surface area contributed by atoms with Crippen molar-refractivity contribution in [1.29, 1.82) is 0 Å². The van der Waals surface area contributed by atoms with E-state index in [9.17, 15) is 13.2 Å². The maximum atomic E-state index is 12.3. The Labute approximate surface area is 129 Å². The number of ether oxygens (including phenoxy) is 1. The van der Waals surface area contributed by atoms with Gasteiger partial charge >= 0.3 is 0 Å². The largest absolute Gasteiger partial charge is 0.373 e. The maximum Gasteiger partial charge on any atom is 0.261 e. The van der Waals surface area contributed by atoms with Crippen LogP contribution in [0.2, 0.25) is 0 Å². The van der Waals surface area contributed by atoms with Crippen LogP contribution in [-0.4, -0.2) is 56.2 Å². The van der Waals surface area contributed by atoms with E-state index in [2.05, 4.69) is 5.32 Å². The minimum atomic E-state index is -3.37. The molecule has 2 atom stereocenters. The van der Waals surface area contributed by atoms with Crippen LogP contribution in [0.3, 0.4) is 0 Å². The van der Waals surface area contributed by atoms with Crippen LogP contribution in [0.25, 0.3) is 0 Å². The van der Waals surface area contributed by atoms with Crippen molar-refractivity contribution in [2.45, 2.75) is 26.1 Å². The summed E-state index contributed by atoms with van der Waals surface area (Å²) < 4.78 is 31.5. The highest BCUT2D eigenvalue weighted by molar-refractivity contribution is 7.89. The normalized spacial score (nSPS) is 23.9. The van der Waals surface area contributed by atoms with Gasteiger partial charge in [0, 0.05) is 19.6 Å². The number of morpholine rings is 1. The van der Waals surface area contributed by atoms with Gasteiger partial charge in [-0.3, -0.25) is 4.79 Å². The van der Waals surface area contributed by atoms with E-state index < -0.39 is 10.0 Å². The average Bonchev–Trinajstić information content (AvgIpc) is 2.91. The van der Waals surface area contributed by atoms with E-state index in [1.54, 1.807) is 12.1 Å². The van der Waals surface area contributed by atoms with E-state index in [1.807, 2.05) is 19.2 Å². The minimum absolute atomic E-state index is 0.0937. The van der Waals surface area contributed by atoms with Crippen molar-refractivity contribution >= 4 is 27.3 Å². The number of sulfonamides is 1. The summed E-state index contributed by atoms with van der Waals surface area (Å²) in [7, 11) is -3.37. The third-order valence-corrected chi connectivity index (χ3v) is 5.84. The van der Waals surface area contributed by atoms with Crippen LogP contribution in [0, 0.1) is 0 Å². The van der Waals surface area contributed by atoms with Crippen LogP contribution in [0.1, 0.15) is 23.5 Å². The van der Waals surface area contributed by atoms with Crippen molar-refractivity contribution in [1.82, 2.24) is 9.62 Å². The highest BCUT2D eigenvalue weighted by atomic mass is 32.2. The number of thiophene rings is 1. The Morgan fingerprint density at radius 1 is 1.43 bits per heavy atom. The predicted molar refractivity (Wildman–Crippen MR) is 82.0 cm³/mol. The molecule has 1 aromatic heterocycles. The van der Waals surface area contributed by atoms with Gasteiger partial charge in [0.05, 0.1) is 22.8 Å². The lowest BCUT2D eigenvalue weighted by atomic mass is 10.3. The second kappa shape index (κ2) is 6.87. The van der Waals surface area contributed by atoms with Gasteiger partial charge in [0.25, 0.3) is 5.91 Å². The van der Waals surface area contributed by atoms with Gasteiger partial charge in [-0.25, -0.2) is 8.42 Å². The van der Waals surface area contributed by atoms with Crippen molar-refractivity contribution in [3.8, 4) is 0 Å². The summed E-state index contributed by atoms with van der Waals surface area (Å²) in [5.74, 6) is -0.326. The summed E-state index contributed by atoms with van der Waals surface area (Å²) in [6, 6.07) is 3.49. The molecule has 0 spiro atoms. The van der Waals surface area contributed by atoms with Crippen molar-refractivity contribution in [3.05, 3.63) is 22.4 Å². The molecular formula is C13H20N2O4S2.